The van der Waals surface area contributed by atoms with Gasteiger partial charge in [0.05, 0.1) is 18.6 Å². The van der Waals surface area contributed by atoms with Crippen LogP contribution in [0.2, 0.25) is 0 Å². The molecule has 0 rings (SSSR count). The standard InChI is InChI=1S/C14H24O7.4CH4/c1-9(16)10(2)21-12(17)11(3)20-8-14(4,5)13(18)19-7-6-15;;;;/h10-11,15H,6-8H2,1-5H3;4*1H4. The average Bonchev–Trinajstić information content (AvgIpc) is 2.41. The van der Waals surface area contributed by atoms with E-state index in [1.54, 1.807) is 13.8 Å². The smallest absolute Gasteiger partial charge is 0.335 e. The summed E-state index contributed by atoms with van der Waals surface area (Å²) in [6.45, 7) is 7.08. The van der Waals surface area contributed by atoms with E-state index in [9.17, 15) is 14.4 Å². The van der Waals surface area contributed by atoms with Crippen molar-refractivity contribution < 1.29 is 33.7 Å². The highest BCUT2D eigenvalue weighted by Crippen LogP contribution is 2.19. The molecule has 0 aliphatic rings. The monoisotopic (exact) mass is 368 g/mol. The third-order valence-corrected chi connectivity index (χ3v) is 2.77. The van der Waals surface area contributed by atoms with Gasteiger partial charge in [0.1, 0.15) is 6.61 Å². The van der Waals surface area contributed by atoms with Gasteiger partial charge in [-0.2, -0.15) is 0 Å². The van der Waals surface area contributed by atoms with Crippen molar-refractivity contribution in [1.82, 2.24) is 0 Å². The Hall–Kier alpha value is -1.47. The van der Waals surface area contributed by atoms with Crippen LogP contribution in [0.25, 0.3) is 0 Å². The molecule has 154 valence electrons. The Labute approximate surface area is 154 Å². The molecule has 1 N–H and O–H groups in total. The number of aliphatic hydroxyl groups excluding tert-OH is 1. The van der Waals surface area contributed by atoms with Crippen LogP contribution in [-0.4, -0.2) is 54.9 Å². The first-order chi connectivity index (χ1) is 9.61. The summed E-state index contributed by atoms with van der Waals surface area (Å²) in [6.07, 6.45) is -1.73. The number of ether oxygens (including phenoxy) is 3. The first-order valence-electron chi connectivity index (χ1n) is 6.72. The van der Waals surface area contributed by atoms with Crippen molar-refractivity contribution in [2.45, 2.75) is 76.5 Å². The largest absolute Gasteiger partial charge is 0.463 e. The molecular formula is C18H40O7. The van der Waals surface area contributed by atoms with Gasteiger partial charge in [0.2, 0.25) is 0 Å². The van der Waals surface area contributed by atoms with Gasteiger partial charge in [-0.05, 0) is 34.6 Å². The molecule has 0 aromatic carbocycles. The van der Waals surface area contributed by atoms with Gasteiger partial charge in [0.25, 0.3) is 0 Å². The van der Waals surface area contributed by atoms with Crippen LogP contribution >= 0.6 is 0 Å². The number of esters is 2. The molecule has 0 amide bonds. The SMILES string of the molecule is C.C.C.C.CC(=O)C(C)OC(=O)C(C)OCC(C)(C)C(=O)OCCO. The maximum absolute atomic E-state index is 11.7. The molecule has 0 heterocycles. The quantitative estimate of drug-likeness (QED) is 0.624. The van der Waals surface area contributed by atoms with Gasteiger partial charge in [-0.3, -0.25) is 9.59 Å². The minimum Gasteiger partial charge on any atom is -0.463 e. The number of hydrogen-bond acceptors (Lipinski definition) is 7. The molecule has 25 heavy (non-hydrogen) atoms. The Kier molecular flexibility index (Phi) is 22.3. The number of ketones is 1. The number of hydrogen-bond donors (Lipinski definition) is 1. The second kappa shape index (κ2) is 16.0. The van der Waals surface area contributed by atoms with Crippen LogP contribution < -0.4 is 0 Å². The highest BCUT2D eigenvalue weighted by molar-refractivity contribution is 5.84. The number of carbonyl (C=O) groups is 3. The normalized spacial score (nSPS) is 11.9. The maximum atomic E-state index is 11.7. The van der Waals surface area contributed by atoms with E-state index in [0.717, 1.165) is 0 Å². The lowest BCUT2D eigenvalue weighted by atomic mass is 9.95. The van der Waals surface area contributed by atoms with E-state index in [4.69, 9.17) is 19.3 Å². The summed E-state index contributed by atoms with van der Waals surface area (Å²) >= 11 is 0. The molecule has 0 aromatic heterocycles. The third-order valence-electron chi connectivity index (χ3n) is 2.77. The van der Waals surface area contributed by atoms with Crippen LogP contribution in [0.4, 0.5) is 0 Å². The number of Topliss-reactive ketones (excluding diaryl/α,β-unsaturated/α-hetero) is 1. The number of rotatable bonds is 9. The summed E-state index contributed by atoms with van der Waals surface area (Å²) in [6, 6.07) is 0. The highest BCUT2D eigenvalue weighted by Gasteiger charge is 2.32. The van der Waals surface area contributed by atoms with Crippen LogP contribution in [0.3, 0.4) is 0 Å². The van der Waals surface area contributed by atoms with Crippen molar-refractivity contribution in [3.8, 4) is 0 Å². The van der Waals surface area contributed by atoms with E-state index in [1.807, 2.05) is 0 Å². The van der Waals surface area contributed by atoms with Crippen LogP contribution in [0.1, 0.15) is 64.3 Å². The molecule has 0 saturated carbocycles. The van der Waals surface area contributed by atoms with Gasteiger partial charge in [-0.15, -0.1) is 0 Å². The number of aliphatic hydroxyl groups is 1. The summed E-state index contributed by atoms with van der Waals surface area (Å²) in [4.78, 5) is 34.4. The Morgan fingerprint density at radius 1 is 1.00 bits per heavy atom. The molecule has 0 aromatic rings. The van der Waals surface area contributed by atoms with Gasteiger partial charge >= 0.3 is 11.9 Å². The average molecular weight is 369 g/mol. The molecule has 0 aliphatic heterocycles. The van der Waals surface area contributed by atoms with Gasteiger partial charge in [-0.1, -0.05) is 29.7 Å². The third kappa shape index (κ3) is 13.5. The zero-order valence-electron chi connectivity index (χ0n) is 13.2. The molecule has 0 saturated heterocycles. The van der Waals surface area contributed by atoms with E-state index >= 15 is 0 Å². The van der Waals surface area contributed by atoms with Gasteiger partial charge in [-0.25, -0.2) is 4.79 Å². The van der Waals surface area contributed by atoms with Crippen LogP contribution in [0.15, 0.2) is 0 Å². The van der Waals surface area contributed by atoms with E-state index in [1.165, 1.54) is 20.8 Å². The molecule has 0 bridgehead atoms. The number of carbonyl (C=O) groups excluding carboxylic acids is 3. The summed E-state index contributed by atoms with van der Waals surface area (Å²) < 4.78 is 15.0. The van der Waals surface area contributed by atoms with E-state index < -0.39 is 29.6 Å². The van der Waals surface area contributed by atoms with Gasteiger partial charge in [0, 0.05) is 0 Å². The minimum atomic E-state index is -0.962. The topological polar surface area (TPSA) is 99.1 Å². The molecule has 7 nitrogen and oxygen atoms in total. The van der Waals surface area contributed by atoms with Crippen molar-refractivity contribution in [3.05, 3.63) is 0 Å². The van der Waals surface area contributed by atoms with Gasteiger partial charge in [0.15, 0.2) is 18.0 Å². The van der Waals surface area contributed by atoms with Crippen molar-refractivity contribution >= 4 is 17.7 Å². The molecular weight excluding hydrogens is 328 g/mol. The lowest BCUT2D eigenvalue weighted by Gasteiger charge is -2.24. The van der Waals surface area contributed by atoms with Gasteiger partial charge < -0.3 is 19.3 Å². The molecule has 7 heteroatoms. The van der Waals surface area contributed by atoms with Crippen LogP contribution in [0.5, 0.6) is 0 Å². The fourth-order valence-electron chi connectivity index (χ4n) is 1.15. The maximum Gasteiger partial charge on any atom is 0.335 e. The Morgan fingerprint density at radius 3 is 1.88 bits per heavy atom. The molecule has 0 spiro atoms. The zero-order valence-corrected chi connectivity index (χ0v) is 13.2. The summed E-state index contributed by atoms with van der Waals surface area (Å²) in [5.74, 6) is -1.46. The fraction of sp³-hybridized carbons (Fsp3) is 0.833. The lowest BCUT2D eigenvalue weighted by Crippen LogP contribution is -2.36. The van der Waals surface area contributed by atoms with Crippen LogP contribution in [0, 0.1) is 5.41 Å². The molecule has 0 aliphatic carbocycles. The first-order valence-corrected chi connectivity index (χ1v) is 6.72. The van der Waals surface area contributed by atoms with E-state index in [2.05, 4.69) is 0 Å². The Morgan fingerprint density at radius 2 is 1.48 bits per heavy atom. The van der Waals surface area contributed by atoms with Crippen molar-refractivity contribution in [3.63, 3.8) is 0 Å². The summed E-state index contributed by atoms with van der Waals surface area (Å²) in [7, 11) is 0. The van der Waals surface area contributed by atoms with E-state index in [-0.39, 0.29) is 55.3 Å². The highest BCUT2D eigenvalue weighted by atomic mass is 16.6. The van der Waals surface area contributed by atoms with Crippen LogP contribution in [-0.2, 0) is 28.6 Å². The second-order valence-electron chi connectivity index (χ2n) is 5.39. The zero-order chi connectivity index (χ0) is 16.6. The molecule has 0 radical (unpaired) electrons. The lowest BCUT2D eigenvalue weighted by molar-refractivity contribution is -0.170. The Balaban J connectivity index is -0.000000333. The Bertz CT molecular complexity index is 378. The summed E-state index contributed by atoms with van der Waals surface area (Å²) in [5.41, 5.74) is -0.962. The van der Waals surface area contributed by atoms with Crippen molar-refractivity contribution in [2.75, 3.05) is 19.8 Å². The first kappa shape index (κ1) is 34.8. The molecule has 2 unspecified atom stereocenters. The molecule has 2 atom stereocenters. The predicted molar refractivity (Wildman–Crippen MR) is 100 cm³/mol. The molecule has 0 fully saturated rings. The van der Waals surface area contributed by atoms with Crippen molar-refractivity contribution in [2.24, 2.45) is 5.41 Å². The van der Waals surface area contributed by atoms with E-state index in [0.29, 0.717) is 0 Å². The second-order valence-corrected chi connectivity index (χ2v) is 5.39. The van der Waals surface area contributed by atoms with Crippen molar-refractivity contribution in [1.29, 1.82) is 0 Å². The fourth-order valence-corrected chi connectivity index (χ4v) is 1.15. The summed E-state index contributed by atoms with van der Waals surface area (Å²) in [5, 5.41) is 8.60. The predicted octanol–water partition coefficient (Wildman–Crippen LogP) is 3.02. The minimum absolute atomic E-state index is 0.